The Labute approximate surface area is 119 Å². The molecule has 3 heteroatoms. The summed E-state index contributed by atoms with van der Waals surface area (Å²) < 4.78 is 5.62. The van der Waals surface area contributed by atoms with Crippen LogP contribution >= 0.6 is 0 Å². The maximum Gasteiger partial charge on any atom is 0.0589 e. The van der Waals surface area contributed by atoms with Crippen LogP contribution in [0.15, 0.2) is 0 Å². The van der Waals surface area contributed by atoms with Crippen LogP contribution in [0.4, 0.5) is 0 Å². The first-order chi connectivity index (χ1) is 9.15. The summed E-state index contributed by atoms with van der Waals surface area (Å²) >= 11 is 0. The molecule has 0 aromatic carbocycles. The van der Waals surface area contributed by atoms with Crippen molar-refractivity contribution in [3.05, 3.63) is 0 Å². The molecule has 0 aliphatic heterocycles. The Morgan fingerprint density at radius 1 is 1.32 bits per heavy atom. The maximum absolute atomic E-state index is 6.19. The van der Waals surface area contributed by atoms with Gasteiger partial charge in [-0.2, -0.15) is 0 Å². The van der Waals surface area contributed by atoms with Crippen LogP contribution in [0.5, 0.6) is 0 Å². The molecule has 2 unspecified atom stereocenters. The number of likely N-dealkylation sites (N-methyl/N-ethyl adjacent to an activating group) is 1. The van der Waals surface area contributed by atoms with E-state index < -0.39 is 0 Å². The van der Waals surface area contributed by atoms with Crippen molar-refractivity contribution in [2.75, 3.05) is 26.7 Å². The van der Waals surface area contributed by atoms with Crippen LogP contribution in [0.25, 0.3) is 0 Å². The highest BCUT2D eigenvalue weighted by Gasteiger charge is 2.40. The Morgan fingerprint density at radius 2 is 2.00 bits per heavy atom. The molecule has 1 fully saturated rings. The fraction of sp³-hybridized carbons (Fsp3) is 1.00. The molecular weight excluding hydrogens is 236 g/mol. The highest BCUT2D eigenvalue weighted by Crippen LogP contribution is 2.35. The Kier molecular flexibility index (Phi) is 7.33. The summed E-state index contributed by atoms with van der Waals surface area (Å²) in [5.41, 5.74) is 6.37. The Bertz CT molecular complexity index is 243. The van der Waals surface area contributed by atoms with E-state index in [0.29, 0.717) is 6.10 Å². The molecular formula is C16H34N2O. The van der Waals surface area contributed by atoms with Crippen molar-refractivity contribution in [3.63, 3.8) is 0 Å². The molecule has 0 aromatic heterocycles. The van der Waals surface area contributed by atoms with E-state index in [0.717, 1.165) is 25.4 Å². The molecule has 0 spiro atoms. The van der Waals surface area contributed by atoms with Crippen molar-refractivity contribution >= 4 is 0 Å². The van der Waals surface area contributed by atoms with Gasteiger partial charge < -0.3 is 10.5 Å². The molecule has 0 radical (unpaired) electrons. The highest BCUT2D eigenvalue weighted by atomic mass is 16.5. The number of rotatable bonds is 8. The molecule has 3 nitrogen and oxygen atoms in total. The zero-order valence-electron chi connectivity index (χ0n) is 13.5. The second-order valence-electron chi connectivity index (χ2n) is 6.10. The van der Waals surface area contributed by atoms with Gasteiger partial charge in [0.15, 0.2) is 0 Å². The van der Waals surface area contributed by atoms with Crippen molar-refractivity contribution in [2.24, 2.45) is 11.7 Å². The quantitative estimate of drug-likeness (QED) is 0.737. The lowest BCUT2D eigenvalue weighted by atomic mass is 9.78. The van der Waals surface area contributed by atoms with Gasteiger partial charge in [0, 0.05) is 25.7 Å². The van der Waals surface area contributed by atoms with Gasteiger partial charge in [0.25, 0.3) is 0 Å². The van der Waals surface area contributed by atoms with Crippen molar-refractivity contribution in [3.8, 4) is 0 Å². The van der Waals surface area contributed by atoms with Crippen molar-refractivity contribution in [1.29, 1.82) is 0 Å². The number of hydrogen-bond acceptors (Lipinski definition) is 3. The molecule has 0 bridgehead atoms. The molecule has 0 amide bonds. The minimum atomic E-state index is 0.177. The monoisotopic (exact) mass is 270 g/mol. The number of hydrogen-bond donors (Lipinski definition) is 1. The van der Waals surface area contributed by atoms with E-state index in [1.807, 2.05) is 7.11 Å². The molecule has 1 saturated carbocycles. The average molecular weight is 270 g/mol. The van der Waals surface area contributed by atoms with Crippen LogP contribution in [-0.4, -0.2) is 43.3 Å². The van der Waals surface area contributed by atoms with Gasteiger partial charge in [-0.15, -0.1) is 0 Å². The topological polar surface area (TPSA) is 38.5 Å². The zero-order valence-corrected chi connectivity index (χ0v) is 13.5. The van der Waals surface area contributed by atoms with Crippen LogP contribution in [-0.2, 0) is 4.74 Å². The van der Waals surface area contributed by atoms with Crippen LogP contribution in [0.3, 0.4) is 0 Å². The third-order valence-corrected chi connectivity index (χ3v) is 5.17. The predicted octanol–water partition coefficient (Wildman–Crippen LogP) is 3.03. The van der Waals surface area contributed by atoms with Gasteiger partial charge in [-0.1, -0.05) is 33.6 Å². The second-order valence-corrected chi connectivity index (χ2v) is 6.10. The first kappa shape index (κ1) is 16.9. The minimum Gasteiger partial charge on any atom is -0.381 e. The third kappa shape index (κ3) is 4.17. The smallest absolute Gasteiger partial charge is 0.0589 e. The number of ether oxygens (including phenoxy) is 1. The normalized spacial score (nSPS) is 28.3. The Morgan fingerprint density at radius 3 is 2.47 bits per heavy atom. The molecule has 0 heterocycles. The van der Waals surface area contributed by atoms with Crippen LogP contribution in [0.2, 0.25) is 0 Å². The Balaban J connectivity index is 2.78. The summed E-state index contributed by atoms with van der Waals surface area (Å²) in [5.74, 6) is 0.797. The van der Waals surface area contributed by atoms with Gasteiger partial charge in [0.2, 0.25) is 0 Å². The minimum absolute atomic E-state index is 0.177. The highest BCUT2D eigenvalue weighted by molar-refractivity contribution is 4.97. The van der Waals surface area contributed by atoms with Crippen molar-refractivity contribution in [2.45, 2.75) is 70.9 Å². The van der Waals surface area contributed by atoms with Gasteiger partial charge in [0.1, 0.15) is 0 Å². The van der Waals surface area contributed by atoms with E-state index in [1.165, 1.54) is 38.6 Å². The first-order valence-corrected chi connectivity index (χ1v) is 8.13. The summed E-state index contributed by atoms with van der Waals surface area (Å²) in [7, 11) is 1.84. The zero-order chi connectivity index (χ0) is 14.3. The van der Waals surface area contributed by atoms with Crippen LogP contribution in [0, 0.1) is 5.92 Å². The Hall–Kier alpha value is -0.120. The number of methoxy groups -OCH3 is 1. The summed E-state index contributed by atoms with van der Waals surface area (Å²) in [6.45, 7) is 9.93. The van der Waals surface area contributed by atoms with Gasteiger partial charge >= 0.3 is 0 Å². The summed E-state index contributed by atoms with van der Waals surface area (Å²) in [6, 6.07) is 0. The van der Waals surface area contributed by atoms with Crippen molar-refractivity contribution < 1.29 is 4.74 Å². The molecule has 19 heavy (non-hydrogen) atoms. The molecule has 114 valence electrons. The number of nitrogens with zero attached hydrogens (tertiary/aromatic N) is 1. The lowest BCUT2D eigenvalue weighted by molar-refractivity contribution is -0.0261. The van der Waals surface area contributed by atoms with Gasteiger partial charge in [-0.05, 0) is 38.1 Å². The standard InChI is InChI=1S/C16H34N2O/c1-5-14(6-2)12-18(7-3)16(13-17)10-8-9-15(11-16)19-4/h14-15H,5-13,17H2,1-4H3. The summed E-state index contributed by atoms with van der Waals surface area (Å²) in [4.78, 5) is 2.65. The molecule has 0 saturated heterocycles. The van der Waals surface area contributed by atoms with Gasteiger partial charge in [-0.25, -0.2) is 0 Å². The van der Waals surface area contributed by atoms with Gasteiger partial charge in [-0.3, -0.25) is 4.90 Å². The molecule has 2 atom stereocenters. The second kappa shape index (κ2) is 8.23. The lowest BCUT2D eigenvalue weighted by Gasteiger charge is -2.48. The molecule has 1 aliphatic rings. The van der Waals surface area contributed by atoms with E-state index >= 15 is 0 Å². The summed E-state index contributed by atoms with van der Waals surface area (Å²) in [5, 5.41) is 0. The molecule has 1 aliphatic carbocycles. The molecule has 0 aromatic rings. The van der Waals surface area contributed by atoms with E-state index in [9.17, 15) is 0 Å². The predicted molar refractivity (Wildman–Crippen MR) is 82.4 cm³/mol. The molecule has 1 rings (SSSR count). The SMILES string of the molecule is CCC(CC)CN(CC)C1(CN)CCCC(OC)C1. The number of nitrogens with two attached hydrogens (primary N) is 1. The average Bonchev–Trinajstić information content (AvgIpc) is 2.48. The maximum atomic E-state index is 6.19. The molecule has 2 N–H and O–H groups in total. The summed E-state index contributed by atoms with van der Waals surface area (Å²) in [6.07, 6.45) is 7.71. The fourth-order valence-electron chi connectivity index (χ4n) is 3.61. The third-order valence-electron chi connectivity index (χ3n) is 5.17. The van der Waals surface area contributed by atoms with E-state index in [4.69, 9.17) is 10.5 Å². The van der Waals surface area contributed by atoms with Crippen molar-refractivity contribution in [1.82, 2.24) is 4.90 Å². The van der Waals surface area contributed by atoms with Crippen LogP contribution < -0.4 is 5.73 Å². The van der Waals surface area contributed by atoms with E-state index in [-0.39, 0.29) is 5.54 Å². The van der Waals surface area contributed by atoms with E-state index in [1.54, 1.807) is 0 Å². The lowest BCUT2D eigenvalue weighted by Crippen LogP contribution is -2.58. The fourth-order valence-corrected chi connectivity index (χ4v) is 3.61. The first-order valence-electron chi connectivity index (χ1n) is 8.13. The van der Waals surface area contributed by atoms with Gasteiger partial charge in [0.05, 0.1) is 6.10 Å². The largest absolute Gasteiger partial charge is 0.381 e. The van der Waals surface area contributed by atoms with Crippen LogP contribution in [0.1, 0.15) is 59.3 Å². The van der Waals surface area contributed by atoms with E-state index in [2.05, 4.69) is 25.7 Å².